The molecule has 0 bridgehead atoms. The van der Waals surface area contributed by atoms with Crippen molar-refractivity contribution in [3.05, 3.63) is 35.7 Å². The third-order valence-electron chi connectivity index (χ3n) is 4.15. The molecular weight excluding hydrogens is 365 g/mol. The van der Waals surface area contributed by atoms with Crippen molar-refractivity contribution in [3.63, 3.8) is 0 Å². The second kappa shape index (κ2) is 7.77. The smallest absolute Gasteiger partial charge is 0.399 e. The number of alkyl halides is 3. The van der Waals surface area contributed by atoms with E-state index in [1.54, 1.807) is 29.2 Å². The lowest BCUT2D eigenvalue weighted by atomic mass is 10.1. The van der Waals surface area contributed by atoms with Gasteiger partial charge in [0.15, 0.2) is 0 Å². The summed E-state index contributed by atoms with van der Waals surface area (Å²) in [5.41, 5.74) is 2.06. The van der Waals surface area contributed by atoms with Gasteiger partial charge in [-0.05, 0) is 5.56 Å². The Labute approximate surface area is 152 Å². The molecule has 1 saturated heterocycles. The number of halogens is 3. The van der Waals surface area contributed by atoms with Crippen LogP contribution in [0.25, 0.3) is 11.4 Å². The van der Waals surface area contributed by atoms with Gasteiger partial charge in [0.05, 0.1) is 12.1 Å². The molecule has 1 aromatic carbocycles. The summed E-state index contributed by atoms with van der Waals surface area (Å²) in [6.45, 7) is 1.17. The number of hydrogen-bond acceptors (Lipinski definition) is 6. The fourth-order valence-electron chi connectivity index (χ4n) is 2.75. The number of benzene rings is 1. The molecule has 144 valence electrons. The number of hydrogen-bond donors (Lipinski definition) is 0. The number of nitrogens with zero attached hydrogens (tertiary/aromatic N) is 4. The van der Waals surface area contributed by atoms with Crippen molar-refractivity contribution in [1.29, 1.82) is 0 Å². The fraction of sp³-hybridized carbons (Fsp3) is 0.412. The second-order valence-electron chi connectivity index (χ2n) is 6.02. The summed E-state index contributed by atoms with van der Waals surface area (Å²) in [6, 6.07) is 6.46. The van der Waals surface area contributed by atoms with Crippen LogP contribution in [-0.4, -0.2) is 46.9 Å². The second-order valence-corrected chi connectivity index (χ2v) is 6.02. The van der Waals surface area contributed by atoms with E-state index in [1.165, 1.54) is 7.11 Å². The van der Waals surface area contributed by atoms with Crippen molar-refractivity contribution in [2.45, 2.75) is 25.4 Å². The van der Waals surface area contributed by atoms with Gasteiger partial charge < -0.3 is 14.3 Å². The summed E-state index contributed by atoms with van der Waals surface area (Å²) in [5, 5.41) is 7.24. The summed E-state index contributed by atoms with van der Waals surface area (Å²) < 4.78 is 41.8. The Morgan fingerprint density at radius 2 is 1.93 bits per heavy atom. The number of likely N-dealkylation sites (tertiary alicyclic amines) is 1. The Balaban J connectivity index is 1.60. The number of amides is 1. The molecule has 1 aromatic heterocycles. The highest BCUT2D eigenvalue weighted by Gasteiger charge is 2.38. The Morgan fingerprint density at radius 3 is 2.48 bits per heavy atom. The van der Waals surface area contributed by atoms with Crippen LogP contribution >= 0.6 is 0 Å². The lowest BCUT2D eigenvalue weighted by Gasteiger charge is -2.27. The van der Waals surface area contributed by atoms with Gasteiger partial charge in [0.1, 0.15) is 7.11 Å². The molecule has 1 amide bonds. The molecule has 0 saturated carbocycles. The first-order valence-corrected chi connectivity index (χ1v) is 8.23. The highest BCUT2D eigenvalue weighted by Crippen LogP contribution is 2.29. The number of carbonyl (C=O) groups excluding carboxylic acids is 1. The predicted molar refractivity (Wildman–Crippen MR) is 88.7 cm³/mol. The minimum atomic E-state index is -4.68. The molecular formula is C17H17F3N4O3. The average molecular weight is 382 g/mol. The lowest BCUT2D eigenvalue weighted by Crippen LogP contribution is -2.39. The van der Waals surface area contributed by atoms with Crippen molar-refractivity contribution in [2.75, 3.05) is 20.2 Å². The van der Waals surface area contributed by atoms with Crippen LogP contribution in [0.1, 0.15) is 24.3 Å². The molecule has 10 heteroatoms. The zero-order valence-corrected chi connectivity index (χ0v) is 14.5. The van der Waals surface area contributed by atoms with E-state index in [9.17, 15) is 18.0 Å². The van der Waals surface area contributed by atoms with Gasteiger partial charge in [0.2, 0.25) is 11.7 Å². The van der Waals surface area contributed by atoms with Gasteiger partial charge >= 0.3 is 12.1 Å². The molecule has 0 aliphatic carbocycles. The maximum absolute atomic E-state index is 12.5. The van der Waals surface area contributed by atoms with Gasteiger partial charge in [-0.3, -0.25) is 4.79 Å². The van der Waals surface area contributed by atoms with Crippen molar-refractivity contribution in [1.82, 2.24) is 15.0 Å². The fourth-order valence-corrected chi connectivity index (χ4v) is 2.75. The molecule has 0 N–H and O–H groups in total. The number of oxime groups is 1. The first-order chi connectivity index (χ1) is 12.9. The van der Waals surface area contributed by atoms with Crippen molar-refractivity contribution < 1.29 is 27.3 Å². The third-order valence-corrected chi connectivity index (χ3v) is 4.15. The zero-order chi connectivity index (χ0) is 19.4. The van der Waals surface area contributed by atoms with E-state index in [0.29, 0.717) is 31.5 Å². The molecule has 0 radical (unpaired) electrons. The van der Waals surface area contributed by atoms with Crippen LogP contribution in [-0.2, 0) is 22.2 Å². The van der Waals surface area contributed by atoms with E-state index < -0.39 is 12.1 Å². The van der Waals surface area contributed by atoms with E-state index in [2.05, 4.69) is 19.8 Å². The Kier molecular flexibility index (Phi) is 5.43. The van der Waals surface area contributed by atoms with Gasteiger partial charge in [0, 0.05) is 31.5 Å². The number of aromatic nitrogens is 2. The minimum Gasteiger partial charge on any atom is -0.399 e. The molecule has 27 heavy (non-hydrogen) atoms. The van der Waals surface area contributed by atoms with Crippen LogP contribution in [0, 0.1) is 0 Å². The Hall–Kier alpha value is -2.91. The van der Waals surface area contributed by atoms with Crippen LogP contribution in [0.15, 0.2) is 33.9 Å². The largest absolute Gasteiger partial charge is 0.471 e. The molecule has 3 rings (SSSR count). The summed E-state index contributed by atoms with van der Waals surface area (Å²) in [5.74, 6) is -1.56. The van der Waals surface area contributed by atoms with Crippen LogP contribution in [0.5, 0.6) is 0 Å². The van der Waals surface area contributed by atoms with E-state index in [0.717, 1.165) is 11.3 Å². The summed E-state index contributed by atoms with van der Waals surface area (Å²) in [7, 11) is 1.49. The number of carbonyl (C=O) groups is 1. The zero-order valence-electron chi connectivity index (χ0n) is 14.5. The van der Waals surface area contributed by atoms with Crippen molar-refractivity contribution >= 4 is 11.6 Å². The van der Waals surface area contributed by atoms with Crippen LogP contribution < -0.4 is 0 Å². The number of piperidine rings is 1. The molecule has 7 nitrogen and oxygen atoms in total. The lowest BCUT2D eigenvalue weighted by molar-refractivity contribution is -0.159. The molecule has 1 fully saturated rings. The maximum atomic E-state index is 12.5. The molecule has 0 atom stereocenters. The van der Waals surface area contributed by atoms with Crippen LogP contribution in [0.4, 0.5) is 13.2 Å². The topological polar surface area (TPSA) is 80.8 Å². The SMILES string of the molecule is CON=C1CCN(C(=O)Cc2ccc(-c3noc(C(F)(F)F)n3)cc2)CC1. The van der Waals surface area contributed by atoms with Gasteiger partial charge in [-0.2, -0.15) is 18.2 Å². The Morgan fingerprint density at radius 1 is 1.26 bits per heavy atom. The van der Waals surface area contributed by atoms with Gasteiger partial charge in [-0.1, -0.05) is 34.6 Å². The first-order valence-electron chi connectivity index (χ1n) is 8.23. The summed E-state index contributed by atoms with van der Waals surface area (Å²) in [4.78, 5) is 22.2. The van der Waals surface area contributed by atoms with Gasteiger partial charge in [0.25, 0.3) is 0 Å². The maximum Gasteiger partial charge on any atom is 0.471 e. The highest BCUT2D eigenvalue weighted by molar-refractivity contribution is 5.87. The van der Waals surface area contributed by atoms with Crippen LogP contribution in [0.2, 0.25) is 0 Å². The monoisotopic (exact) mass is 382 g/mol. The molecule has 2 aromatic rings. The van der Waals surface area contributed by atoms with Crippen LogP contribution in [0.3, 0.4) is 0 Å². The molecule has 2 heterocycles. The summed E-state index contributed by atoms with van der Waals surface area (Å²) in [6.07, 6.45) is -3.12. The van der Waals surface area contributed by atoms with E-state index in [4.69, 9.17) is 4.84 Å². The van der Waals surface area contributed by atoms with E-state index in [1.807, 2.05) is 0 Å². The highest BCUT2D eigenvalue weighted by atomic mass is 19.4. The van der Waals surface area contributed by atoms with Crippen molar-refractivity contribution in [3.8, 4) is 11.4 Å². The van der Waals surface area contributed by atoms with E-state index >= 15 is 0 Å². The quantitative estimate of drug-likeness (QED) is 0.760. The standard InChI is InChI=1S/C17H17F3N4O3/c1-26-22-13-6-8-24(9-7-13)14(25)10-11-2-4-12(5-3-11)15-21-16(27-23-15)17(18,19)20/h2-5H,6-10H2,1H3. The normalized spacial score (nSPS) is 15.0. The molecule has 1 aliphatic rings. The average Bonchev–Trinajstić information content (AvgIpc) is 3.14. The third kappa shape index (κ3) is 4.63. The Bertz CT molecular complexity index is 821. The molecule has 0 spiro atoms. The van der Waals surface area contributed by atoms with E-state index in [-0.39, 0.29) is 18.2 Å². The molecule has 1 aliphatic heterocycles. The summed E-state index contributed by atoms with van der Waals surface area (Å²) >= 11 is 0. The predicted octanol–water partition coefficient (Wildman–Crippen LogP) is 2.92. The van der Waals surface area contributed by atoms with Crippen molar-refractivity contribution in [2.24, 2.45) is 5.16 Å². The van der Waals surface area contributed by atoms with Gasteiger partial charge in [-0.25, -0.2) is 0 Å². The first kappa shape index (κ1) is 18.9. The van der Waals surface area contributed by atoms with Gasteiger partial charge in [-0.15, -0.1) is 0 Å². The minimum absolute atomic E-state index is 0.0156. The number of rotatable bonds is 4. The molecule has 0 unspecified atom stereocenters.